The maximum Gasteiger partial charge on any atom is 0.250 e. The van der Waals surface area contributed by atoms with Crippen LogP contribution in [-0.4, -0.2) is 14.3 Å². The number of nitrogens with one attached hydrogen (secondary N) is 2. The monoisotopic (exact) mass is 422 g/mol. The van der Waals surface area contributed by atoms with E-state index in [1.54, 1.807) is 12.1 Å². The van der Waals surface area contributed by atoms with E-state index >= 15 is 0 Å². The van der Waals surface area contributed by atoms with E-state index in [2.05, 4.69) is 42.9 Å². The van der Waals surface area contributed by atoms with Gasteiger partial charge in [0.2, 0.25) is 5.91 Å². The third-order valence-electron chi connectivity index (χ3n) is 4.50. The van der Waals surface area contributed by atoms with E-state index in [9.17, 15) is 13.2 Å². The van der Waals surface area contributed by atoms with Gasteiger partial charge >= 0.3 is 0 Å². The van der Waals surface area contributed by atoms with Crippen LogP contribution in [0.2, 0.25) is 0 Å². The van der Waals surface area contributed by atoms with Crippen LogP contribution in [0, 0.1) is 5.92 Å². The van der Waals surface area contributed by atoms with E-state index in [0.717, 1.165) is 10.4 Å². The summed E-state index contributed by atoms with van der Waals surface area (Å²) in [4.78, 5) is 11.8. The van der Waals surface area contributed by atoms with Crippen LogP contribution in [0.15, 0.2) is 40.6 Å². The molecular formula is C21H30N2O3S2. The molecule has 1 aromatic carbocycles. The number of benzene rings is 1. The zero-order valence-electron chi connectivity index (χ0n) is 17.4. The number of amides is 1. The smallest absolute Gasteiger partial charge is 0.250 e. The first-order valence-corrected chi connectivity index (χ1v) is 11.7. The van der Waals surface area contributed by atoms with Crippen LogP contribution in [0.1, 0.15) is 63.6 Å². The molecule has 0 spiro atoms. The zero-order valence-corrected chi connectivity index (χ0v) is 19.0. The largest absolute Gasteiger partial charge is 0.351 e. The molecule has 2 rings (SSSR count). The first-order valence-electron chi connectivity index (χ1n) is 9.36. The molecule has 1 heterocycles. The van der Waals surface area contributed by atoms with Crippen molar-refractivity contribution >= 4 is 27.3 Å². The van der Waals surface area contributed by atoms with Gasteiger partial charge in [0, 0.05) is 17.8 Å². The summed E-state index contributed by atoms with van der Waals surface area (Å²) in [5.41, 5.74) is 2.20. The number of sulfonamides is 1. The standard InChI is InChI=1S/C21H30N2O3S2/c1-14(2)20(16-7-9-17(10-8-16)21(4,5)6)23-28(25,26)19-12-11-18(27-19)13-22-15(3)24/h7-12,14,20,23H,13H2,1-6H3,(H,22,24)/t20-/m1/s1. The van der Waals surface area contributed by atoms with Gasteiger partial charge in [0.25, 0.3) is 10.0 Å². The Kier molecular flexibility index (Phi) is 7.07. The first-order chi connectivity index (χ1) is 12.9. The van der Waals surface area contributed by atoms with Crippen molar-refractivity contribution in [2.45, 2.75) is 63.8 Å². The zero-order chi connectivity index (χ0) is 21.1. The summed E-state index contributed by atoms with van der Waals surface area (Å²) >= 11 is 1.17. The van der Waals surface area contributed by atoms with Gasteiger partial charge in [0.1, 0.15) is 4.21 Å². The van der Waals surface area contributed by atoms with Crippen LogP contribution in [-0.2, 0) is 26.8 Å². The third-order valence-corrected chi connectivity index (χ3v) is 7.52. The molecule has 5 nitrogen and oxygen atoms in total. The molecular weight excluding hydrogens is 392 g/mol. The lowest BCUT2D eigenvalue weighted by Gasteiger charge is -2.24. The molecule has 1 atom stereocenters. The molecule has 28 heavy (non-hydrogen) atoms. The van der Waals surface area contributed by atoms with Crippen molar-refractivity contribution in [2.24, 2.45) is 5.92 Å². The number of thiophene rings is 1. The summed E-state index contributed by atoms with van der Waals surface area (Å²) in [5.74, 6) is -0.0522. The summed E-state index contributed by atoms with van der Waals surface area (Å²) in [6.07, 6.45) is 0. The second-order valence-electron chi connectivity index (χ2n) is 8.35. The molecule has 0 aliphatic rings. The highest BCUT2D eigenvalue weighted by Crippen LogP contribution is 2.29. The summed E-state index contributed by atoms with van der Waals surface area (Å²) in [6.45, 7) is 12.2. The van der Waals surface area contributed by atoms with E-state index in [0.29, 0.717) is 6.54 Å². The van der Waals surface area contributed by atoms with Gasteiger partial charge < -0.3 is 5.32 Å². The highest BCUT2D eigenvalue weighted by Gasteiger charge is 2.25. The fourth-order valence-corrected chi connectivity index (χ4v) is 5.50. The SMILES string of the molecule is CC(=O)NCc1ccc(S(=O)(=O)N[C@@H](c2ccc(C(C)(C)C)cc2)C(C)C)s1. The third kappa shape index (κ3) is 5.90. The van der Waals surface area contributed by atoms with Crippen LogP contribution in [0.25, 0.3) is 0 Å². The minimum atomic E-state index is -3.65. The van der Waals surface area contributed by atoms with Gasteiger partial charge in [-0.1, -0.05) is 58.9 Å². The Labute approximate surface area is 172 Å². The molecule has 7 heteroatoms. The van der Waals surface area contributed by atoms with Gasteiger partial charge in [-0.15, -0.1) is 11.3 Å². The van der Waals surface area contributed by atoms with Gasteiger partial charge in [0.15, 0.2) is 0 Å². The fraction of sp³-hybridized carbons (Fsp3) is 0.476. The number of hydrogen-bond acceptors (Lipinski definition) is 4. The van der Waals surface area contributed by atoms with Gasteiger partial charge in [0.05, 0.1) is 6.54 Å². The predicted octanol–water partition coefficient (Wildman–Crippen LogP) is 4.36. The lowest BCUT2D eigenvalue weighted by molar-refractivity contribution is -0.119. The van der Waals surface area contributed by atoms with Crippen molar-refractivity contribution in [1.29, 1.82) is 0 Å². The lowest BCUT2D eigenvalue weighted by atomic mass is 9.85. The van der Waals surface area contributed by atoms with Crippen LogP contribution in [0.4, 0.5) is 0 Å². The Morgan fingerprint density at radius 2 is 1.68 bits per heavy atom. The first kappa shape index (κ1) is 22.6. The summed E-state index contributed by atoms with van der Waals surface area (Å²) in [7, 11) is -3.65. The molecule has 0 fully saturated rings. The highest BCUT2D eigenvalue weighted by molar-refractivity contribution is 7.91. The second-order valence-corrected chi connectivity index (χ2v) is 11.5. The van der Waals surface area contributed by atoms with E-state index in [-0.39, 0.29) is 27.5 Å². The van der Waals surface area contributed by atoms with E-state index in [4.69, 9.17) is 0 Å². The molecule has 0 saturated carbocycles. The Balaban J connectivity index is 2.22. The second kappa shape index (κ2) is 8.76. The molecule has 1 amide bonds. The normalized spacial score (nSPS) is 13.5. The topological polar surface area (TPSA) is 75.3 Å². The minimum absolute atomic E-state index is 0.0483. The van der Waals surface area contributed by atoms with Gasteiger partial charge in [-0.25, -0.2) is 13.1 Å². The molecule has 1 aromatic heterocycles. The van der Waals surface area contributed by atoms with Crippen LogP contribution < -0.4 is 10.0 Å². The van der Waals surface area contributed by atoms with Crippen LogP contribution in [0.5, 0.6) is 0 Å². The van der Waals surface area contributed by atoms with E-state index in [1.165, 1.54) is 23.8 Å². The molecule has 2 aromatic rings. The van der Waals surface area contributed by atoms with E-state index in [1.807, 2.05) is 26.0 Å². The Hall–Kier alpha value is -1.70. The van der Waals surface area contributed by atoms with Gasteiger partial charge in [-0.3, -0.25) is 4.79 Å². The number of carbonyl (C=O) groups excluding carboxylic acids is 1. The van der Waals surface area contributed by atoms with Crippen LogP contribution in [0.3, 0.4) is 0 Å². The van der Waals surface area contributed by atoms with Crippen molar-refractivity contribution in [3.05, 3.63) is 52.4 Å². The maximum absolute atomic E-state index is 12.9. The van der Waals surface area contributed by atoms with Crippen molar-refractivity contribution in [3.8, 4) is 0 Å². The highest BCUT2D eigenvalue weighted by atomic mass is 32.2. The maximum atomic E-state index is 12.9. The predicted molar refractivity (Wildman–Crippen MR) is 115 cm³/mol. The number of hydrogen-bond donors (Lipinski definition) is 2. The summed E-state index contributed by atoms with van der Waals surface area (Å²) < 4.78 is 28.9. The van der Waals surface area contributed by atoms with Crippen LogP contribution >= 0.6 is 11.3 Å². The number of rotatable bonds is 7. The molecule has 0 unspecified atom stereocenters. The molecule has 0 radical (unpaired) electrons. The Bertz CT molecular complexity index is 908. The quantitative estimate of drug-likeness (QED) is 0.696. The van der Waals surface area contributed by atoms with Crippen molar-refractivity contribution in [3.63, 3.8) is 0 Å². The molecule has 0 aliphatic carbocycles. The number of carbonyl (C=O) groups is 1. The molecule has 0 aliphatic heterocycles. The Morgan fingerprint density at radius 3 is 2.18 bits per heavy atom. The average Bonchev–Trinajstić information content (AvgIpc) is 3.07. The summed E-state index contributed by atoms with van der Waals surface area (Å²) in [5, 5.41) is 2.69. The molecule has 0 bridgehead atoms. The van der Waals surface area contributed by atoms with E-state index < -0.39 is 10.0 Å². The van der Waals surface area contributed by atoms with Crippen molar-refractivity contribution < 1.29 is 13.2 Å². The van der Waals surface area contributed by atoms with Gasteiger partial charge in [-0.2, -0.15) is 0 Å². The Morgan fingerprint density at radius 1 is 1.07 bits per heavy atom. The van der Waals surface area contributed by atoms with Crippen molar-refractivity contribution in [1.82, 2.24) is 10.0 Å². The molecule has 154 valence electrons. The minimum Gasteiger partial charge on any atom is -0.351 e. The van der Waals surface area contributed by atoms with Crippen molar-refractivity contribution in [2.75, 3.05) is 0 Å². The lowest BCUT2D eigenvalue weighted by Crippen LogP contribution is -2.31. The molecule has 2 N–H and O–H groups in total. The van der Waals surface area contributed by atoms with Gasteiger partial charge in [-0.05, 0) is 34.6 Å². The fourth-order valence-electron chi connectivity index (χ4n) is 2.81. The summed E-state index contributed by atoms with van der Waals surface area (Å²) in [6, 6.07) is 11.1. The average molecular weight is 423 g/mol. The molecule has 0 saturated heterocycles.